The summed E-state index contributed by atoms with van der Waals surface area (Å²) in [6, 6.07) is 13.1. The quantitative estimate of drug-likeness (QED) is 0.654. The van der Waals surface area contributed by atoms with E-state index < -0.39 is 22.9 Å². The van der Waals surface area contributed by atoms with Gasteiger partial charge in [0.15, 0.2) is 5.43 Å². The molecule has 3 unspecified atom stereocenters. The SMILES string of the molecule is COc1ccc(OC2C(C)OCC[N+]2(C(=O)O)c2ccc3c(=O)ccoc3c2)cc1. The van der Waals surface area contributed by atoms with Crippen molar-refractivity contribution in [1.29, 1.82) is 0 Å². The van der Waals surface area contributed by atoms with Crippen LogP contribution in [0.25, 0.3) is 11.0 Å². The summed E-state index contributed by atoms with van der Waals surface area (Å²) in [6.45, 7) is 2.18. The Balaban J connectivity index is 1.81. The van der Waals surface area contributed by atoms with Gasteiger partial charge >= 0.3 is 6.09 Å². The maximum atomic E-state index is 12.7. The number of amides is 1. The maximum Gasteiger partial charge on any atom is 0.522 e. The summed E-state index contributed by atoms with van der Waals surface area (Å²) < 4.78 is 22.0. The second-order valence-electron chi connectivity index (χ2n) is 7.10. The number of carboxylic acid groups (broad SMARTS) is 1. The number of nitrogens with zero attached hydrogens (tertiary/aromatic N) is 1. The molecule has 1 amide bonds. The normalized spacial score (nSPS) is 23.8. The summed E-state index contributed by atoms with van der Waals surface area (Å²) in [7, 11) is 1.57. The van der Waals surface area contributed by atoms with Crippen molar-refractivity contribution in [3.05, 3.63) is 65.0 Å². The lowest BCUT2D eigenvalue weighted by Gasteiger charge is -2.44. The molecule has 2 aromatic carbocycles. The van der Waals surface area contributed by atoms with Crippen molar-refractivity contribution < 1.29 is 28.5 Å². The summed E-state index contributed by atoms with van der Waals surface area (Å²) in [4.78, 5) is 24.7. The second-order valence-corrected chi connectivity index (χ2v) is 7.10. The van der Waals surface area contributed by atoms with Gasteiger partial charge in [0.1, 0.15) is 35.4 Å². The van der Waals surface area contributed by atoms with Gasteiger partial charge in [-0.25, -0.2) is 0 Å². The predicted octanol–water partition coefficient (Wildman–Crippen LogP) is 3.61. The van der Waals surface area contributed by atoms with Crippen LogP contribution in [0.15, 0.2) is 64.0 Å². The van der Waals surface area contributed by atoms with E-state index in [0.29, 0.717) is 28.2 Å². The highest BCUT2D eigenvalue weighted by Gasteiger charge is 2.54. The van der Waals surface area contributed by atoms with Gasteiger partial charge in [0, 0.05) is 18.2 Å². The molecule has 8 heteroatoms. The van der Waals surface area contributed by atoms with Crippen LogP contribution in [0.4, 0.5) is 10.5 Å². The van der Waals surface area contributed by atoms with E-state index in [-0.39, 0.29) is 18.6 Å². The highest BCUT2D eigenvalue weighted by molar-refractivity contribution is 5.87. The first kappa shape index (κ1) is 19.9. The molecule has 1 aliphatic heterocycles. The molecule has 2 heterocycles. The van der Waals surface area contributed by atoms with Gasteiger partial charge in [-0.2, -0.15) is 9.28 Å². The average molecular weight is 412 g/mol. The van der Waals surface area contributed by atoms with Crippen LogP contribution in [0.2, 0.25) is 0 Å². The van der Waals surface area contributed by atoms with E-state index in [9.17, 15) is 14.7 Å². The van der Waals surface area contributed by atoms with Crippen molar-refractivity contribution in [3.63, 3.8) is 0 Å². The number of benzene rings is 2. The standard InChI is InChI=1S/C22H21NO7/c1-14-21(30-17-6-4-16(27-2)5-7-17)23(22(25)26,10-12-28-14)15-3-8-18-19(24)9-11-29-20(18)13-15/h3-9,11,13-14,21H,10,12H2,1-2H3/p+1. The zero-order chi connectivity index (χ0) is 21.3. The largest absolute Gasteiger partial charge is 0.522 e. The highest BCUT2D eigenvalue weighted by atomic mass is 16.6. The topological polar surface area (TPSA) is 95.2 Å². The monoisotopic (exact) mass is 412 g/mol. The van der Waals surface area contributed by atoms with Crippen LogP contribution < -0.4 is 19.4 Å². The number of quaternary nitrogens is 1. The molecule has 1 N–H and O–H groups in total. The van der Waals surface area contributed by atoms with Gasteiger partial charge in [0.25, 0.3) is 6.23 Å². The number of carbonyl (C=O) groups is 1. The smallest absolute Gasteiger partial charge is 0.497 e. The molecule has 1 saturated heterocycles. The fourth-order valence-electron chi connectivity index (χ4n) is 3.84. The summed E-state index contributed by atoms with van der Waals surface area (Å²) in [5.41, 5.74) is 0.574. The van der Waals surface area contributed by atoms with E-state index in [1.165, 1.54) is 12.3 Å². The van der Waals surface area contributed by atoms with Crippen LogP contribution in [0.5, 0.6) is 11.5 Å². The van der Waals surface area contributed by atoms with Crippen LogP contribution in [0.1, 0.15) is 6.92 Å². The molecule has 0 saturated carbocycles. The van der Waals surface area contributed by atoms with Crippen LogP contribution >= 0.6 is 0 Å². The van der Waals surface area contributed by atoms with E-state index in [2.05, 4.69) is 0 Å². The number of fused-ring (bicyclic) bond motifs is 1. The summed E-state index contributed by atoms with van der Waals surface area (Å²) >= 11 is 0. The molecule has 3 aromatic rings. The van der Waals surface area contributed by atoms with Gasteiger partial charge in [-0.15, -0.1) is 0 Å². The van der Waals surface area contributed by atoms with E-state index >= 15 is 0 Å². The molecule has 0 spiro atoms. The minimum Gasteiger partial charge on any atom is -0.497 e. The molecule has 156 valence electrons. The van der Waals surface area contributed by atoms with Crippen LogP contribution in [-0.2, 0) is 4.74 Å². The van der Waals surface area contributed by atoms with Gasteiger partial charge in [-0.1, -0.05) is 0 Å². The molecule has 1 fully saturated rings. The molecule has 4 rings (SSSR count). The lowest BCUT2D eigenvalue weighted by Crippen LogP contribution is -2.70. The molecule has 30 heavy (non-hydrogen) atoms. The van der Waals surface area contributed by atoms with E-state index in [1.807, 2.05) is 0 Å². The molecular formula is C22H22NO7+. The lowest BCUT2D eigenvalue weighted by atomic mass is 10.1. The van der Waals surface area contributed by atoms with Crippen molar-refractivity contribution in [2.45, 2.75) is 19.3 Å². The first-order valence-electron chi connectivity index (χ1n) is 9.51. The number of morpholine rings is 1. The third kappa shape index (κ3) is 3.30. The van der Waals surface area contributed by atoms with E-state index in [1.54, 1.807) is 56.5 Å². The summed E-state index contributed by atoms with van der Waals surface area (Å²) in [5.74, 6) is 1.16. The Labute approximate surface area is 172 Å². The Kier molecular flexibility index (Phi) is 5.19. The van der Waals surface area contributed by atoms with E-state index in [4.69, 9.17) is 18.6 Å². The summed E-state index contributed by atoms with van der Waals surface area (Å²) in [6.07, 6.45) is -1.15. The molecule has 0 bridgehead atoms. The third-order valence-corrected chi connectivity index (χ3v) is 5.42. The maximum absolute atomic E-state index is 12.7. The second kappa shape index (κ2) is 7.81. The summed E-state index contributed by atoms with van der Waals surface area (Å²) in [5, 5.41) is 10.7. The Hall–Kier alpha value is -3.36. The van der Waals surface area contributed by atoms with Gasteiger partial charge < -0.3 is 23.7 Å². The van der Waals surface area contributed by atoms with Crippen molar-refractivity contribution >= 4 is 22.7 Å². The Morgan fingerprint density at radius 3 is 2.57 bits per heavy atom. The fraction of sp³-hybridized carbons (Fsp3) is 0.273. The number of rotatable bonds is 4. The molecular weight excluding hydrogens is 390 g/mol. The Morgan fingerprint density at radius 1 is 1.13 bits per heavy atom. The lowest BCUT2D eigenvalue weighted by molar-refractivity contribution is -0.119. The first-order valence-corrected chi connectivity index (χ1v) is 9.51. The molecule has 0 aliphatic carbocycles. The van der Waals surface area contributed by atoms with Crippen molar-refractivity contribution in [2.75, 3.05) is 20.3 Å². The van der Waals surface area contributed by atoms with Crippen LogP contribution in [0.3, 0.4) is 0 Å². The molecule has 1 aliphatic rings. The van der Waals surface area contributed by atoms with Crippen molar-refractivity contribution in [3.8, 4) is 11.5 Å². The zero-order valence-corrected chi connectivity index (χ0v) is 16.6. The van der Waals surface area contributed by atoms with Crippen molar-refractivity contribution in [1.82, 2.24) is 4.48 Å². The number of ether oxygens (including phenoxy) is 3. The zero-order valence-electron chi connectivity index (χ0n) is 16.6. The molecule has 1 aromatic heterocycles. The molecule has 0 radical (unpaired) electrons. The van der Waals surface area contributed by atoms with Crippen molar-refractivity contribution in [2.24, 2.45) is 0 Å². The molecule has 8 nitrogen and oxygen atoms in total. The number of methoxy groups -OCH3 is 1. The first-order chi connectivity index (χ1) is 14.5. The van der Waals surface area contributed by atoms with Crippen LogP contribution in [0, 0.1) is 0 Å². The number of hydrogen-bond acceptors (Lipinski definition) is 6. The fourth-order valence-corrected chi connectivity index (χ4v) is 3.84. The van der Waals surface area contributed by atoms with E-state index in [0.717, 1.165) is 0 Å². The van der Waals surface area contributed by atoms with Gasteiger partial charge in [-0.05, 0) is 37.3 Å². The van der Waals surface area contributed by atoms with Gasteiger partial charge in [0.05, 0.1) is 25.4 Å². The third-order valence-electron chi connectivity index (χ3n) is 5.42. The highest BCUT2D eigenvalue weighted by Crippen LogP contribution is 2.35. The Bertz CT molecular complexity index is 1120. The number of hydrogen-bond donors (Lipinski definition) is 1. The average Bonchev–Trinajstić information content (AvgIpc) is 2.75. The minimum absolute atomic E-state index is 0.156. The predicted molar refractivity (Wildman–Crippen MR) is 110 cm³/mol. The molecule has 3 atom stereocenters. The van der Waals surface area contributed by atoms with Gasteiger partial charge in [-0.3, -0.25) is 4.79 Å². The minimum atomic E-state index is -1.08. The van der Waals surface area contributed by atoms with Gasteiger partial charge in [0.2, 0.25) is 0 Å². The Morgan fingerprint density at radius 2 is 1.87 bits per heavy atom. The van der Waals surface area contributed by atoms with Crippen LogP contribution in [-0.4, -0.2) is 43.8 Å².